The zero-order chi connectivity index (χ0) is 21.3. The number of quaternary nitrogens is 1. The van der Waals surface area contributed by atoms with Crippen LogP contribution in [0.3, 0.4) is 0 Å². The minimum atomic E-state index is -0.505. The lowest BCUT2D eigenvalue weighted by atomic mass is 10.1. The summed E-state index contributed by atoms with van der Waals surface area (Å²) in [4.78, 5) is 11.4. The second-order valence-electron chi connectivity index (χ2n) is 8.67. The molecule has 0 aliphatic rings. The molecule has 1 atom stereocenters. The number of esters is 1. The Morgan fingerprint density at radius 2 is 1.50 bits per heavy atom. The number of hydrogen-bond acceptors (Lipinski definition) is 4. The van der Waals surface area contributed by atoms with E-state index in [9.17, 15) is 9.90 Å². The summed E-state index contributed by atoms with van der Waals surface area (Å²) in [6.07, 6.45) is 12.6. The Hall–Kier alpha value is -0.910. The number of rotatable bonds is 19. The van der Waals surface area contributed by atoms with Gasteiger partial charge in [-0.15, -0.1) is 0 Å². The number of carbonyl (C=O) groups excluding carboxylic acids is 1. The zero-order valence-corrected chi connectivity index (χ0v) is 19.0. The molecular formula is C23H46NO4+. The van der Waals surface area contributed by atoms with Crippen LogP contribution in [-0.4, -0.2) is 68.7 Å². The molecule has 0 radical (unpaired) electrons. The molecule has 0 aliphatic heterocycles. The van der Waals surface area contributed by atoms with E-state index < -0.39 is 6.10 Å². The molecule has 5 heteroatoms. The fourth-order valence-corrected chi connectivity index (χ4v) is 3.13. The molecule has 0 saturated heterocycles. The van der Waals surface area contributed by atoms with E-state index in [4.69, 9.17) is 9.47 Å². The number of hydrogen-bond donors (Lipinski definition) is 1. The molecule has 0 aromatic rings. The maximum atomic E-state index is 11.4. The van der Waals surface area contributed by atoms with E-state index in [0.29, 0.717) is 36.4 Å². The predicted molar refractivity (Wildman–Crippen MR) is 116 cm³/mol. The minimum absolute atomic E-state index is 0.324. The van der Waals surface area contributed by atoms with E-state index in [1.165, 1.54) is 57.8 Å². The number of aliphatic hydroxyl groups is 1. The van der Waals surface area contributed by atoms with Crippen LogP contribution in [0.1, 0.15) is 78.1 Å². The Morgan fingerprint density at radius 1 is 0.964 bits per heavy atom. The van der Waals surface area contributed by atoms with Crippen LogP contribution in [0.5, 0.6) is 0 Å². The van der Waals surface area contributed by atoms with Gasteiger partial charge >= 0.3 is 5.97 Å². The number of carbonyl (C=O) groups is 1. The van der Waals surface area contributed by atoms with E-state index in [1.54, 1.807) is 6.92 Å². The van der Waals surface area contributed by atoms with Crippen molar-refractivity contribution in [1.29, 1.82) is 0 Å². The number of likely N-dealkylation sites (N-methyl/N-ethyl adjacent to an activating group) is 1. The van der Waals surface area contributed by atoms with Gasteiger partial charge < -0.3 is 19.1 Å². The first-order valence-electron chi connectivity index (χ1n) is 11.2. The van der Waals surface area contributed by atoms with Crippen molar-refractivity contribution in [2.24, 2.45) is 0 Å². The summed E-state index contributed by atoms with van der Waals surface area (Å²) >= 11 is 0. The topological polar surface area (TPSA) is 55.8 Å². The van der Waals surface area contributed by atoms with Crippen LogP contribution in [0.15, 0.2) is 12.2 Å². The quantitative estimate of drug-likeness (QED) is 0.150. The van der Waals surface area contributed by atoms with Crippen LogP contribution in [-0.2, 0) is 14.3 Å². The molecule has 0 rings (SSSR count). The van der Waals surface area contributed by atoms with Crippen LogP contribution in [0.2, 0.25) is 0 Å². The highest BCUT2D eigenvalue weighted by Gasteiger charge is 2.21. The molecule has 1 unspecified atom stereocenters. The van der Waals surface area contributed by atoms with Gasteiger partial charge in [-0.25, -0.2) is 4.79 Å². The van der Waals surface area contributed by atoms with Gasteiger partial charge in [0.2, 0.25) is 0 Å². The Morgan fingerprint density at radius 3 is 2.04 bits per heavy atom. The first kappa shape index (κ1) is 27.1. The number of ether oxygens (including phenoxy) is 2. The van der Waals surface area contributed by atoms with Gasteiger partial charge in [-0.1, -0.05) is 71.3 Å². The van der Waals surface area contributed by atoms with E-state index in [0.717, 1.165) is 13.0 Å². The fraction of sp³-hybridized carbons (Fsp3) is 0.870. The third-order valence-corrected chi connectivity index (χ3v) is 4.94. The molecule has 0 bridgehead atoms. The average Bonchev–Trinajstić information content (AvgIpc) is 2.61. The Labute approximate surface area is 173 Å². The fourth-order valence-electron chi connectivity index (χ4n) is 3.13. The largest absolute Gasteiger partial charge is 0.456 e. The van der Waals surface area contributed by atoms with Crippen molar-refractivity contribution in [3.63, 3.8) is 0 Å². The smallest absolute Gasteiger partial charge is 0.333 e. The van der Waals surface area contributed by atoms with E-state index in [1.807, 2.05) is 14.1 Å². The second-order valence-corrected chi connectivity index (χ2v) is 8.67. The molecule has 0 aromatic heterocycles. The van der Waals surface area contributed by atoms with E-state index in [-0.39, 0.29) is 5.97 Å². The van der Waals surface area contributed by atoms with E-state index in [2.05, 4.69) is 13.5 Å². The molecule has 0 heterocycles. The normalized spacial score (nSPS) is 12.8. The highest BCUT2D eigenvalue weighted by atomic mass is 16.5. The maximum absolute atomic E-state index is 11.4. The summed E-state index contributed by atoms with van der Waals surface area (Å²) < 4.78 is 11.3. The van der Waals surface area contributed by atoms with Crippen LogP contribution in [0.25, 0.3) is 0 Å². The van der Waals surface area contributed by atoms with Gasteiger partial charge in [0.05, 0.1) is 20.7 Å². The molecule has 28 heavy (non-hydrogen) atoms. The van der Waals surface area contributed by atoms with Gasteiger partial charge in [0.25, 0.3) is 0 Å². The summed E-state index contributed by atoms with van der Waals surface area (Å²) in [5.74, 6) is -0.361. The van der Waals surface area contributed by atoms with Gasteiger partial charge in [-0.2, -0.15) is 0 Å². The molecule has 0 fully saturated rings. The lowest BCUT2D eigenvalue weighted by Gasteiger charge is -2.31. The number of nitrogens with zero attached hydrogens (tertiary/aromatic N) is 1. The first-order valence-corrected chi connectivity index (χ1v) is 11.2. The first-order chi connectivity index (χ1) is 13.3. The molecule has 0 amide bonds. The van der Waals surface area contributed by atoms with Gasteiger partial charge in [0.15, 0.2) is 0 Å². The summed E-state index contributed by atoms with van der Waals surface area (Å²) in [6.45, 7) is 10.1. The van der Waals surface area contributed by atoms with Crippen molar-refractivity contribution in [2.45, 2.75) is 84.2 Å². The Kier molecular flexibility index (Phi) is 16.4. The van der Waals surface area contributed by atoms with Crippen molar-refractivity contribution >= 4 is 5.97 Å². The Balaban J connectivity index is 3.56. The highest BCUT2D eigenvalue weighted by molar-refractivity contribution is 5.86. The third kappa shape index (κ3) is 17.2. The third-order valence-electron chi connectivity index (χ3n) is 4.94. The molecule has 166 valence electrons. The van der Waals surface area contributed by atoms with Gasteiger partial charge in [-0.05, 0) is 13.3 Å². The van der Waals surface area contributed by atoms with E-state index >= 15 is 0 Å². The lowest BCUT2D eigenvalue weighted by molar-refractivity contribution is -0.893. The van der Waals surface area contributed by atoms with Crippen molar-refractivity contribution < 1.29 is 23.9 Å². The van der Waals surface area contributed by atoms with Gasteiger partial charge in [0, 0.05) is 12.2 Å². The zero-order valence-electron chi connectivity index (χ0n) is 19.0. The molecule has 0 aliphatic carbocycles. The van der Waals surface area contributed by atoms with Crippen LogP contribution in [0, 0.1) is 0 Å². The lowest BCUT2D eigenvalue weighted by Crippen LogP contribution is -2.48. The second kappa shape index (κ2) is 17.0. The number of aliphatic hydroxyl groups excluding tert-OH is 1. The summed E-state index contributed by atoms with van der Waals surface area (Å²) in [7, 11) is 4.03. The maximum Gasteiger partial charge on any atom is 0.333 e. The van der Waals surface area contributed by atoms with Crippen LogP contribution < -0.4 is 0 Å². The summed E-state index contributed by atoms with van der Waals surface area (Å²) in [6, 6.07) is 0. The molecule has 5 nitrogen and oxygen atoms in total. The van der Waals surface area contributed by atoms with Crippen molar-refractivity contribution in [2.75, 3.05) is 47.0 Å². The molecule has 0 aromatic carbocycles. The summed E-state index contributed by atoms with van der Waals surface area (Å²) in [5, 5.41) is 10.2. The SMILES string of the molecule is C=C(C)C(=O)OCC[N+](C)(C)CC(O)COCCCCCCCCCCCC. The van der Waals surface area contributed by atoms with Crippen molar-refractivity contribution in [3.8, 4) is 0 Å². The summed E-state index contributed by atoms with van der Waals surface area (Å²) in [5.41, 5.74) is 0.408. The Bertz CT molecular complexity index is 409. The van der Waals surface area contributed by atoms with Crippen LogP contribution >= 0.6 is 0 Å². The molecular weight excluding hydrogens is 354 g/mol. The highest BCUT2D eigenvalue weighted by Crippen LogP contribution is 2.10. The standard InChI is InChI=1S/C23H46NO4/c1-6-7-8-9-10-11-12-13-14-15-17-27-20-22(25)19-24(4,5)16-18-28-23(26)21(2)3/h22,25H,2,6-20H2,1,3-5H3/q+1. The van der Waals surface area contributed by atoms with Gasteiger partial charge in [-0.3, -0.25) is 0 Å². The average molecular weight is 401 g/mol. The van der Waals surface area contributed by atoms with Gasteiger partial charge in [0.1, 0.15) is 25.8 Å². The van der Waals surface area contributed by atoms with Crippen LogP contribution in [0.4, 0.5) is 0 Å². The van der Waals surface area contributed by atoms with Crippen molar-refractivity contribution in [1.82, 2.24) is 0 Å². The predicted octanol–water partition coefficient (Wildman–Crippen LogP) is 4.48. The minimum Gasteiger partial charge on any atom is -0.456 e. The van der Waals surface area contributed by atoms with Crippen molar-refractivity contribution in [3.05, 3.63) is 12.2 Å². The molecule has 0 spiro atoms. The molecule has 1 N–H and O–H groups in total. The molecule has 0 saturated carbocycles. The monoisotopic (exact) mass is 400 g/mol. The number of unbranched alkanes of at least 4 members (excludes halogenated alkanes) is 9.